The van der Waals surface area contributed by atoms with Crippen molar-refractivity contribution in [3.05, 3.63) is 65.7 Å². The number of furan rings is 1. The molecule has 1 amide bonds. The van der Waals surface area contributed by atoms with E-state index >= 15 is 0 Å². The van der Waals surface area contributed by atoms with Crippen molar-refractivity contribution in [2.24, 2.45) is 0 Å². The number of nitrogens with zero attached hydrogens (tertiary/aromatic N) is 2. The highest BCUT2D eigenvalue weighted by Crippen LogP contribution is 2.36. The maximum absolute atomic E-state index is 12.8. The van der Waals surface area contributed by atoms with Crippen LogP contribution in [0.25, 0.3) is 21.9 Å². The fraction of sp³-hybridized carbons (Fsp3) is 0.296. The third-order valence-electron chi connectivity index (χ3n) is 6.29. The van der Waals surface area contributed by atoms with E-state index in [4.69, 9.17) is 25.5 Å². The zero-order valence-corrected chi connectivity index (χ0v) is 20.4. The predicted octanol–water partition coefficient (Wildman–Crippen LogP) is 4.88. The van der Waals surface area contributed by atoms with Gasteiger partial charge in [-0.2, -0.15) is 0 Å². The van der Waals surface area contributed by atoms with Crippen molar-refractivity contribution in [3.63, 3.8) is 0 Å². The molecule has 35 heavy (non-hydrogen) atoms. The molecular weight excluding hydrogens is 466 g/mol. The van der Waals surface area contributed by atoms with Gasteiger partial charge in [-0.15, -0.1) is 0 Å². The molecule has 1 saturated heterocycles. The van der Waals surface area contributed by atoms with Crippen molar-refractivity contribution in [3.8, 4) is 11.5 Å². The smallest absolute Gasteiger partial charge is 0.238 e. The van der Waals surface area contributed by atoms with E-state index in [1.807, 2.05) is 60.7 Å². The number of benzene rings is 3. The number of para-hydroxylation sites is 1. The van der Waals surface area contributed by atoms with Gasteiger partial charge in [0.1, 0.15) is 29.3 Å². The summed E-state index contributed by atoms with van der Waals surface area (Å²) in [6.07, 6.45) is 0. The fourth-order valence-electron chi connectivity index (χ4n) is 4.41. The Morgan fingerprint density at radius 2 is 1.71 bits per heavy atom. The predicted molar refractivity (Wildman–Crippen MR) is 139 cm³/mol. The van der Waals surface area contributed by atoms with Crippen molar-refractivity contribution < 1.29 is 18.7 Å². The Balaban J connectivity index is 1.12. The Hall–Kier alpha value is -3.26. The Kier molecular flexibility index (Phi) is 7.08. The topological polar surface area (TPSA) is 67.2 Å². The van der Waals surface area contributed by atoms with Crippen LogP contribution in [0, 0.1) is 0 Å². The lowest BCUT2D eigenvalue weighted by atomic mass is 10.1. The van der Waals surface area contributed by atoms with Gasteiger partial charge >= 0.3 is 0 Å². The minimum absolute atomic E-state index is 0.0710. The van der Waals surface area contributed by atoms with E-state index in [2.05, 4.69) is 15.1 Å². The van der Waals surface area contributed by atoms with Crippen molar-refractivity contribution in [1.29, 1.82) is 0 Å². The van der Waals surface area contributed by atoms with Crippen molar-refractivity contribution in [2.75, 3.05) is 58.3 Å². The summed E-state index contributed by atoms with van der Waals surface area (Å²) in [6.45, 7) is 5.24. The number of piperazine rings is 1. The number of fused-ring (bicyclic) bond motifs is 3. The van der Waals surface area contributed by atoms with Gasteiger partial charge in [-0.05, 0) is 36.4 Å². The number of hydrogen-bond acceptors (Lipinski definition) is 6. The van der Waals surface area contributed by atoms with Crippen LogP contribution in [0.15, 0.2) is 65.1 Å². The lowest BCUT2D eigenvalue weighted by molar-refractivity contribution is -0.117. The van der Waals surface area contributed by atoms with Gasteiger partial charge in [0.15, 0.2) is 0 Å². The minimum atomic E-state index is -0.0710. The SMILES string of the molecule is COc1cc2c(cc1NC(=O)CN1CCN(CCOc3ccc(Cl)cc3)CC1)oc1ccccc12. The van der Waals surface area contributed by atoms with E-state index in [9.17, 15) is 4.79 Å². The fourth-order valence-corrected chi connectivity index (χ4v) is 4.53. The highest BCUT2D eigenvalue weighted by molar-refractivity contribution is 6.30. The first-order chi connectivity index (χ1) is 17.1. The van der Waals surface area contributed by atoms with Gasteiger partial charge in [0, 0.05) is 54.6 Å². The molecule has 3 aromatic carbocycles. The molecular formula is C27H28ClN3O4. The first kappa shape index (κ1) is 23.5. The average Bonchev–Trinajstić information content (AvgIpc) is 3.23. The quantitative estimate of drug-likeness (QED) is 0.377. The van der Waals surface area contributed by atoms with Crippen LogP contribution in [-0.4, -0.2) is 68.7 Å². The number of anilines is 1. The molecule has 8 heteroatoms. The van der Waals surface area contributed by atoms with Crippen LogP contribution in [0.2, 0.25) is 5.02 Å². The monoisotopic (exact) mass is 493 g/mol. The van der Waals surface area contributed by atoms with E-state index in [1.54, 1.807) is 7.11 Å². The van der Waals surface area contributed by atoms with Crippen LogP contribution in [0.3, 0.4) is 0 Å². The Labute approximate surface area is 209 Å². The molecule has 5 rings (SSSR count). The van der Waals surface area contributed by atoms with Crippen LogP contribution in [0.5, 0.6) is 11.5 Å². The van der Waals surface area contributed by atoms with E-state index in [-0.39, 0.29) is 5.91 Å². The maximum Gasteiger partial charge on any atom is 0.238 e. The molecule has 7 nitrogen and oxygen atoms in total. The van der Waals surface area contributed by atoms with E-state index in [0.29, 0.717) is 29.6 Å². The molecule has 1 aliphatic rings. The van der Waals surface area contributed by atoms with E-state index in [0.717, 1.165) is 60.4 Å². The van der Waals surface area contributed by atoms with Crippen LogP contribution in [-0.2, 0) is 4.79 Å². The molecule has 1 aliphatic heterocycles. The summed E-state index contributed by atoms with van der Waals surface area (Å²) in [4.78, 5) is 17.3. The number of halogens is 1. The third-order valence-corrected chi connectivity index (χ3v) is 6.55. The molecule has 0 saturated carbocycles. The number of methoxy groups -OCH3 is 1. The molecule has 0 unspecified atom stereocenters. The molecule has 182 valence electrons. The van der Waals surface area contributed by atoms with Crippen molar-refractivity contribution in [1.82, 2.24) is 9.80 Å². The van der Waals surface area contributed by atoms with Crippen molar-refractivity contribution in [2.45, 2.75) is 0 Å². The van der Waals surface area contributed by atoms with Crippen molar-refractivity contribution >= 4 is 45.1 Å². The molecule has 0 bridgehead atoms. The summed E-state index contributed by atoms with van der Waals surface area (Å²) in [5, 5.41) is 5.69. The molecule has 2 heterocycles. The average molecular weight is 494 g/mol. The summed E-state index contributed by atoms with van der Waals surface area (Å²) in [7, 11) is 1.61. The number of amides is 1. The lowest BCUT2D eigenvalue weighted by Crippen LogP contribution is -2.49. The Morgan fingerprint density at radius 3 is 2.49 bits per heavy atom. The second-order valence-electron chi connectivity index (χ2n) is 8.62. The number of hydrogen-bond donors (Lipinski definition) is 1. The minimum Gasteiger partial charge on any atom is -0.495 e. The summed E-state index contributed by atoms with van der Waals surface area (Å²) in [5.74, 6) is 1.36. The van der Waals surface area contributed by atoms with Gasteiger partial charge in [-0.25, -0.2) is 0 Å². The summed E-state index contributed by atoms with van der Waals surface area (Å²) in [6, 6.07) is 19.0. The zero-order valence-electron chi connectivity index (χ0n) is 19.6. The number of carbonyl (C=O) groups is 1. The molecule has 1 fully saturated rings. The molecule has 0 spiro atoms. The Morgan fingerprint density at radius 1 is 0.971 bits per heavy atom. The molecule has 0 radical (unpaired) electrons. The van der Waals surface area contributed by atoms with Gasteiger partial charge in [0.25, 0.3) is 0 Å². The van der Waals surface area contributed by atoms with E-state index < -0.39 is 0 Å². The normalized spacial score (nSPS) is 14.9. The standard InChI is InChI=1S/C27H28ClN3O4/c1-33-26-16-22-21-4-2-3-5-24(21)35-25(22)17-23(26)29-27(32)18-31-12-10-30(11-13-31)14-15-34-20-8-6-19(28)7-9-20/h2-9,16-17H,10-15,18H2,1H3,(H,29,32). The van der Waals surface area contributed by atoms with Gasteiger partial charge in [-0.1, -0.05) is 29.8 Å². The number of rotatable bonds is 8. The Bertz CT molecular complexity index is 1310. The number of carbonyl (C=O) groups excluding carboxylic acids is 1. The molecule has 1 aromatic heterocycles. The molecule has 0 aliphatic carbocycles. The lowest BCUT2D eigenvalue weighted by Gasteiger charge is -2.34. The number of nitrogens with one attached hydrogen (secondary N) is 1. The zero-order chi connectivity index (χ0) is 24.2. The van der Waals surface area contributed by atoms with Crippen LogP contribution in [0.4, 0.5) is 5.69 Å². The summed E-state index contributed by atoms with van der Waals surface area (Å²) >= 11 is 5.91. The first-order valence-electron chi connectivity index (χ1n) is 11.7. The van der Waals surface area contributed by atoms with Crippen LogP contribution in [0.1, 0.15) is 0 Å². The van der Waals surface area contributed by atoms with Gasteiger partial charge < -0.3 is 19.2 Å². The van der Waals surface area contributed by atoms with Gasteiger partial charge in [-0.3, -0.25) is 14.6 Å². The third kappa shape index (κ3) is 5.53. The molecule has 1 N–H and O–H groups in total. The van der Waals surface area contributed by atoms with Gasteiger partial charge in [0.2, 0.25) is 5.91 Å². The number of ether oxygens (including phenoxy) is 2. The second kappa shape index (κ2) is 10.6. The molecule has 4 aromatic rings. The second-order valence-corrected chi connectivity index (χ2v) is 9.05. The summed E-state index contributed by atoms with van der Waals surface area (Å²) in [5.41, 5.74) is 2.14. The van der Waals surface area contributed by atoms with E-state index in [1.165, 1.54) is 0 Å². The first-order valence-corrected chi connectivity index (χ1v) is 12.1. The van der Waals surface area contributed by atoms with Crippen LogP contribution < -0.4 is 14.8 Å². The van der Waals surface area contributed by atoms with Crippen LogP contribution >= 0.6 is 11.6 Å². The highest BCUT2D eigenvalue weighted by atomic mass is 35.5. The highest BCUT2D eigenvalue weighted by Gasteiger charge is 2.20. The summed E-state index contributed by atoms with van der Waals surface area (Å²) < 4.78 is 17.3. The molecule has 0 atom stereocenters. The maximum atomic E-state index is 12.8. The van der Waals surface area contributed by atoms with Gasteiger partial charge in [0.05, 0.1) is 19.3 Å². The largest absolute Gasteiger partial charge is 0.495 e.